The minimum atomic E-state index is -3.78. The van der Waals surface area contributed by atoms with Crippen LogP contribution in [-0.4, -0.2) is 37.8 Å². The van der Waals surface area contributed by atoms with E-state index in [-0.39, 0.29) is 28.1 Å². The predicted molar refractivity (Wildman–Crippen MR) is 102 cm³/mol. The predicted octanol–water partition coefficient (Wildman–Crippen LogP) is 1.79. The Labute approximate surface area is 162 Å². The molecule has 1 heterocycles. The summed E-state index contributed by atoms with van der Waals surface area (Å²) in [7, 11) is -3.78. The minimum absolute atomic E-state index is 0.0440. The quantitative estimate of drug-likeness (QED) is 0.643. The molecule has 27 heavy (non-hydrogen) atoms. The zero-order valence-electron chi connectivity index (χ0n) is 14.7. The van der Waals surface area contributed by atoms with Gasteiger partial charge in [0.1, 0.15) is 0 Å². The second-order valence-corrected chi connectivity index (χ2v) is 8.01. The van der Waals surface area contributed by atoms with Crippen molar-refractivity contribution in [3.63, 3.8) is 0 Å². The lowest BCUT2D eigenvalue weighted by atomic mass is 10.2. The van der Waals surface area contributed by atoms with E-state index in [0.29, 0.717) is 5.69 Å². The molecular weight excluding hydrogens is 392 g/mol. The lowest BCUT2D eigenvalue weighted by Gasteiger charge is -2.12. The van der Waals surface area contributed by atoms with Gasteiger partial charge in [0, 0.05) is 12.2 Å². The van der Waals surface area contributed by atoms with Gasteiger partial charge in [-0.1, -0.05) is 11.6 Å². The lowest BCUT2D eigenvalue weighted by Crippen LogP contribution is -2.33. The van der Waals surface area contributed by atoms with Gasteiger partial charge in [0.25, 0.3) is 5.91 Å². The molecule has 8 nitrogen and oxygen atoms in total. The lowest BCUT2D eigenvalue weighted by molar-refractivity contribution is -0.115. The molecule has 0 spiro atoms. The van der Waals surface area contributed by atoms with Crippen molar-refractivity contribution in [1.29, 1.82) is 0 Å². The highest BCUT2D eigenvalue weighted by molar-refractivity contribution is 7.89. The van der Waals surface area contributed by atoms with Gasteiger partial charge in [-0.25, -0.2) is 13.1 Å². The highest BCUT2D eigenvalue weighted by Gasteiger charge is 2.20. The van der Waals surface area contributed by atoms with E-state index < -0.39 is 21.8 Å². The van der Waals surface area contributed by atoms with Crippen LogP contribution in [0.5, 0.6) is 0 Å². The fraction of sp³-hybridized carbons (Fsp3) is 0.235. The summed E-state index contributed by atoms with van der Waals surface area (Å²) >= 11 is 6.01. The Kier molecular flexibility index (Phi) is 6.89. The normalized spacial score (nSPS) is 11.3. The average molecular weight is 411 g/mol. The van der Waals surface area contributed by atoms with Gasteiger partial charge < -0.3 is 10.6 Å². The number of sulfonamides is 1. The van der Waals surface area contributed by atoms with Gasteiger partial charge in [-0.2, -0.15) is 0 Å². The summed E-state index contributed by atoms with van der Waals surface area (Å²) in [6.45, 7) is 3.05. The first-order valence-corrected chi connectivity index (χ1v) is 9.85. The molecule has 0 atom stereocenters. The third-order valence-corrected chi connectivity index (χ3v) is 5.22. The van der Waals surface area contributed by atoms with E-state index in [2.05, 4.69) is 20.3 Å². The molecular formula is C17H19ClN4O4S. The summed E-state index contributed by atoms with van der Waals surface area (Å²) in [5, 5.41) is 5.05. The second-order valence-electron chi connectivity index (χ2n) is 5.89. The Morgan fingerprint density at radius 1 is 1.22 bits per heavy atom. The number of nitrogens with zero attached hydrogens (tertiary/aromatic N) is 1. The molecule has 0 aliphatic heterocycles. The summed E-state index contributed by atoms with van der Waals surface area (Å²) in [6, 6.07) is 6.80. The Bertz CT molecular complexity index is 933. The summed E-state index contributed by atoms with van der Waals surface area (Å²) in [6.07, 6.45) is 3.03. The van der Waals surface area contributed by atoms with Crippen LogP contribution in [0.1, 0.15) is 24.2 Å². The van der Waals surface area contributed by atoms with Gasteiger partial charge in [-0.15, -0.1) is 0 Å². The summed E-state index contributed by atoms with van der Waals surface area (Å²) in [5.74, 6) is -1.12. The van der Waals surface area contributed by atoms with Crippen LogP contribution >= 0.6 is 11.6 Å². The van der Waals surface area contributed by atoms with Gasteiger partial charge in [-0.3, -0.25) is 14.6 Å². The third-order valence-electron chi connectivity index (χ3n) is 3.24. The fourth-order valence-electron chi connectivity index (χ4n) is 2.12. The monoisotopic (exact) mass is 410 g/mol. The Morgan fingerprint density at radius 2 is 1.96 bits per heavy atom. The van der Waals surface area contributed by atoms with Crippen molar-refractivity contribution in [1.82, 2.24) is 15.0 Å². The van der Waals surface area contributed by atoms with Crippen molar-refractivity contribution < 1.29 is 18.0 Å². The summed E-state index contributed by atoms with van der Waals surface area (Å²) in [5.41, 5.74) is 0.445. The first-order valence-electron chi connectivity index (χ1n) is 7.99. The molecule has 2 amide bonds. The van der Waals surface area contributed by atoms with Crippen molar-refractivity contribution in [2.24, 2.45) is 0 Å². The van der Waals surface area contributed by atoms with E-state index in [1.807, 2.05) is 0 Å². The van der Waals surface area contributed by atoms with Gasteiger partial charge in [-0.05, 0) is 44.2 Å². The number of anilines is 1. The van der Waals surface area contributed by atoms with Gasteiger partial charge in [0.15, 0.2) is 0 Å². The van der Waals surface area contributed by atoms with E-state index in [4.69, 9.17) is 11.6 Å². The highest BCUT2D eigenvalue weighted by Crippen LogP contribution is 2.20. The molecule has 2 rings (SSSR count). The molecule has 0 bridgehead atoms. The minimum Gasteiger partial charge on any atom is -0.343 e. The fourth-order valence-corrected chi connectivity index (χ4v) is 3.60. The van der Waals surface area contributed by atoms with E-state index in [1.165, 1.54) is 24.4 Å². The summed E-state index contributed by atoms with van der Waals surface area (Å²) in [4.78, 5) is 28.0. The topological polar surface area (TPSA) is 117 Å². The molecule has 0 radical (unpaired) electrons. The van der Waals surface area contributed by atoms with Crippen LogP contribution in [0.2, 0.25) is 5.02 Å². The SMILES string of the molecule is CC(C)NS(=O)(=O)c1ccc(Cl)c(C(=O)NCC(=O)Nc2cccnc2)c1. The number of carbonyl (C=O) groups is 2. The number of aromatic nitrogens is 1. The van der Waals surface area contributed by atoms with Crippen molar-refractivity contribution >= 4 is 39.1 Å². The van der Waals surface area contributed by atoms with Gasteiger partial charge in [0.05, 0.1) is 33.9 Å². The molecule has 0 unspecified atom stereocenters. The number of pyridine rings is 1. The number of carbonyl (C=O) groups excluding carboxylic acids is 2. The number of rotatable bonds is 7. The van der Waals surface area contributed by atoms with Crippen molar-refractivity contribution in [2.75, 3.05) is 11.9 Å². The smallest absolute Gasteiger partial charge is 0.253 e. The zero-order valence-corrected chi connectivity index (χ0v) is 16.3. The Morgan fingerprint density at radius 3 is 2.59 bits per heavy atom. The van der Waals surface area contributed by atoms with Crippen molar-refractivity contribution in [3.05, 3.63) is 53.3 Å². The third kappa shape index (κ3) is 6.02. The Balaban J connectivity index is 2.07. The maximum atomic E-state index is 12.3. The van der Waals surface area contributed by atoms with Crippen LogP contribution in [0, 0.1) is 0 Å². The van der Waals surface area contributed by atoms with E-state index in [9.17, 15) is 18.0 Å². The average Bonchev–Trinajstić information content (AvgIpc) is 2.59. The number of amides is 2. The molecule has 1 aromatic heterocycles. The largest absolute Gasteiger partial charge is 0.343 e. The molecule has 0 fully saturated rings. The van der Waals surface area contributed by atoms with E-state index >= 15 is 0 Å². The standard InChI is InChI=1S/C17H19ClN4O4S/c1-11(2)22-27(25,26)13-5-6-15(18)14(8-13)17(24)20-10-16(23)21-12-4-3-7-19-9-12/h3-9,11,22H,10H2,1-2H3,(H,20,24)(H,21,23). The second kappa shape index (κ2) is 8.94. The molecule has 0 aliphatic rings. The van der Waals surface area contributed by atoms with E-state index in [0.717, 1.165) is 0 Å². The number of nitrogens with one attached hydrogen (secondary N) is 3. The number of hydrogen-bond acceptors (Lipinski definition) is 5. The van der Waals surface area contributed by atoms with Gasteiger partial charge >= 0.3 is 0 Å². The van der Waals surface area contributed by atoms with E-state index in [1.54, 1.807) is 32.2 Å². The maximum Gasteiger partial charge on any atom is 0.253 e. The first kappa shape index (κ1) is 20.8. The molecule has 144 valence electrons. The van der Waals surface area contributed by atoms with Crippen LogP contribution in [0.3, 0.4) is 0 Å². The highest BCUT2D eigenvalue weighted by atomic mass is 35.5. The van der Waals surface area contributed by atoms with Crippen LogP contribution in [0.4, 0.5) is 5.69 Å². The van der Waals surface area contributed by atoms with Crippen LogP contribution < -0.4 is 15.4 Å². The van der Waals surface area contributed by atoms with Crippen LogP contribution in [-0.2, 0) is 14.8 Å². The van der Waals surface area contributed by atoms with Crippen LogP contribution in [0.15, 0.2) is 47.6 Å². The number of benzene rings is 1. The number of hydrogen-bond donors (Lipinski definition) is 3. The first-order chi connectivity index (χ1) is 12.7. The maximum absolute atomic E-state index is 12.3. The molecule has 1 aromatic carbocycles. The molecule has 0 saturated heterocycles. The zero-order chi connectivity index (χ0) is 20.0. The van der Waals surface area contributed by atoms with Crippen LogP contribution in [0.25, 0.3) is 0 Å². The van der Waals surface area contributed by atoms with Crippen molar-refractivity contribution in [3.8, 4) is 0 Å². The molecule has 2 aromatic rings. The number of halogens is 1. The molecule has 3 N–H and O–H groups in total. The molecule has 10 heteroatoms. The summed E-state index contributed by atoms with van der Waals surface area (Å²) < 4.78 is 26.9. The van der Waals surface area contributed by atoms with Crippen molar-refractivity contribution in [2.45, 2.75) is 24.8 Å². The molecule has 0 aliphatic carbocycles. The Hall–Kier alpha value is -2.49. The molecule has 0 saturated carbocycles. The van der Waals surface area contributed by atoms with Gasteiger partial charge in [0.2, 0.25) is 15.9 Å².